The monoisotopic (exact) mass is 287 g/mol. The Bertz CT molecular complexity index is 669. The second-order valence-electron chi connectivity index (χ2n) is 4.88. The summed E-state index contributed by atoms with van der Waals surface area (Å²) in [5.74, 6) is -0.987. The van der Waals surface area contributed by atoms with Crippen LogP contribution in [0, 0.1) is 0 Å². The molecular formula is C16H14ClNO2. The van der Waals surface area contributed by atoms with Gasteiger partial charge in [0, 0.05) is 18.8 Å². The van der Waals surface area contributed by atoms with Crippen LogP contribution in [-0.2, 0) is 13.0 Å². The Morgan fingerprint density at radius 2 is 2.00 bits per heavy atom. The molecule has 0 aliphatic carbocycles. The summed E-state index contributed by atoms with van der Waals surface area (Å²) in [7, 11) is 0. The Morgan fingerprint density at radius 3 is 2.80 bits per heavy atom. The van der Waals surface area contributed by atoms with Crippen LogP contribution in [0.1, 0.15) is 21.5 Å². The van der Waals surface area contributed by atoms with Gasteiger partial charge in [0.1, 0.15) is 0 Å². The van der Waals surface area contributed by atoms with E-state index in [0.29, 0.717) is 11.6 Å². The van der Waals surface area contributed by atoms with Crippen LogP contribution in [-0.4, -0.2) is 17.6 Å². The van der Waals surface area contributed by atoms with E-state index in [1.165, 1.54) is 17.3 Å². The molecule has 0 saturated carbocycles. The fourth-order valence-electron chi connectivity index (χ4n) is 2.64. The number of fused-ring (bicyclic) bond motifs is 1. The molecule has 0 atom stereocenters. The molecule has 1 aliphatic rings. The highest BCUT2D eigenvalue weighted by Gasteiger charge is 2.20. The molecule has 0 aromatic heterocycles. The van der Waals surface area contributed by atoms with Crippen molar-refractivity contribution < 1.29 is 9.90 Å². The third-order valence-electron chi connectivity index (χ3n) is 3.65. The first-order valence-electron chi connectivity index (χ1n) is 6.50. The van der Waals surface area contributed by atoms with Crippen LogP contribution >= 0.6 is 11.6 Å². The predicted molar refractivity (Wildman–Crippen MR) is 79.6 cm³/mol. The normalized spacial score (nSPS) is 13.3. The third kappa shape index (κ3) is 2.25. The minimum atomic E-state index is -0.987. The average molecular weight is 288 g/mol. The second-order valence-corrected chi connectivity index (χ2v) is 5.26. The van der Waals surface area contributed by atoms with Crippen LogP contribution in [0.3, 0.4) is 0 Å². The van der Waals surface area contributed by atoms with E-state index in [-0.39, 0.29) is 5.56 Å². The lowest BCUT2D eigenvalue weighted by Gasteiger charge is -2.20. The summed E-state index contributed by atoms with van der Waals surface area (Å²) < 4.78 is 0. The lowest BCUT2D eigenvalue weighted by molar-refractivity contribution is 0.0697. The molecule has 0 fully saturated rings. The number of para-hydroxylation sites is 1. The number of carboxylic acid groups (broad SMARTS) is 1. The standard InChI is InChI=1S/C16H14ClNO2/c17-15-12(5-3-6-13(15)16(19)20)10-18-9-8-11-4-1-2-7-14(11)18/h1-7H,8-10H2,(H,19,20). The maximum Gasteiger partial charge on any atom is 0.337 e. The Hall–Kier alpha value is -2.00. The summed E-state index contributed by atoms with van der Waals surface area (Å²) in [5, 5.41) is 9.45. The minimum Gasteiger partial charge on any atom is -0.478 e. The molecule has 2 aromatic rings. The molecule has 1 N–H and O–H groups in total. The predicted octanol–water partition coefficient (Wildman–Crippen LogP) is 3.60. The number of anilines is 1. The molecule has 102 valence electrons. The van der Waals surface area contributed by atoms with Crippen molar-refractivity contribution >= 4 is 23.3 Å². The smallest absolute Gasteiger partial charge is 0.337 e. The molecule has 0 saturated heterocycles. The van der Waals surface area contributed by atoms with E-state index in [2.05, 4.69) is 17.0 Å². The highest BCUT2D eigenvalue weighted by molar-refractivity contribution is 6.34. The molecule has 2 aromatic carbocycles. The van der Waals surface area contributed by atoms with Crippen molar-refractivity contribution in [3.63, 3.8) is 0 Å². The number of carbonyl (C=O) groups is 1. The molecule has 1 aliphatic heterocycles. The third-order valence-corrected chi connectivity index (χ3v) is 4.10. The van der Waals surface area contributed by atoms with Gasteiger partial charge >= 0.3 is 5.97 Å². The van der Waals surface area contributed by atoms with Crippen molar-refractivity contribution in [1.82, 2.24) is 0 Å². The number of hydrogen-bond acceptors (Lipinski definition) is 2. The van der Waals surface area contributed by atoms with E-state index in [1.807, 2.05) is 18.2 Å². The van der Waals surface area contributed by atoms with E-state index in [0.717, 1.165) is 18.5 Å². The van der Waals surface area contributed by atoms with Gasteiger partial charge in [-0.3, -0.25) is 0 Å². The van der Waals surface area contributed by atoms with Crippen molar-refractivity contribution in [2.75, 3.05) is 11.4 Å². The van der Waals surface area contributed by atoms with Gasteiger partial charge in [0.15, 0.2) is 0 Å². The summed E-state index contributed by atoms with van der Waals surface area (Å²) in [4.78, 5) is 13.3. The van der Waals surface area contributed by atoms with E-state index in [1.54, 1.807) is 6.07 Å². The van der Waals surface area contributed by atoms with E-state index < -0.39 is 5.97 Å². The fraction of sp³-hybridized carbons (Fsp3) is 0.188. The van der Waals surface area contributed by atoms with Crippen molar-refractivity contribution in [1.29, 1.82) is 0 Å². The van der Waals surface area contributed by atoms with Gasteiger partial charge in [-0.05, 0) is 29.7 Å². The molecule has 0 bridgehead atoms. The van der Waals surface area contributed by atoms with Crippen LogP contribution in [0.2, 0.25) is 5.02 Å². The topological polar surface area (TPSA) is 40.5 Å². The summed E-state index contributed by atoms with van der Waals surface area (Å²) in [5.41, 5.74) is 3.56. The molecule has 20 heavy (non-hydrogen) atoms. The summed E-state index contributed by atoms with van der Waals surface area (Å²) in [6.45, 7) is 1.57. The molecule has 3 nitrogen and oxygen atoms in total. The zero-order valence-electron chi connectivity index (χ0n) is 10.8. The average Bonchev–Trinajstić information content (AvgIpc) is 2.84. The first-order chi connectivity index (χ1) is 9.66. The largest absolute Gasteiger partial charge is 0.478 e. The summed E-state index contributed by atoms with van der Waals surface area (Å²) in [6, 6.07) is 13.4. The van der Waals surface area contributed by atoms with Gasteiger partial charge < -0.3 is 10.0 Å². The summed E-state index contributed by atoms with van der Waals surface area (Å²) >= 11 is 6.20. The van der Waals surface area contributed by atoms with Gasteiger partial charge in [-0.1, -0.05) is 41.9 Å². The number of hydrogen-bond donors (Lipinski definition) is 1. The van der Waals surface area contributed by atoms with Crippen LogP contribution in [0.4, 0.5) is 5.69 Å². The molecular weight excluding hydrogens is 274 g/mol. The Kier molecular flexibility index (Phi) is 3.36. The van der Waals surface area contributed by atoms with Crippen molar-refractivity contribution in [3.8, 4) is 0 Å². The minimum absolute atomic E-state index is 0.164. The molecule has 3 rings (SSSR count). The zero-order valence-corrected chi connectivity index (χ0v) is 11.6. The fourth-order valence-corrected chi connectivity index (χ4v) is 2.91. The summed E-state index contributed by atoms with van der Waals surface area (Å²) in [6.07, 6.45) is 1.02. The molecule has 0 amide bonds. The lowest BCUT2D eigenvalue weighted by atomic mass is 10.1. The maximum absolute atomic E-state index is 11.1. The SMILES string of the molecule is O=C(O)c1cccc(CN2CCc3ccccc32)c1Cl. The van der Waals surface area contributed by atoms with Gasteiger partial charge in [-0.2, -0.15) is 0 Å². The van der Waals surface area contributed by atoms with Gasteiger partial charge in [0.05, 0.1) is 10.6 Å². The highest BCUT2D eigenvalue weighted by atomic mass is 35.5. The van der Waals surface area contributed by atoms with Gasteiger partial charge in [-0.15, -0.1) is 0 Å². The van der Waals surface area contributed by atoms with Crippen molar-refractivity contribution in [2.24, 2.45) is 0 Å². The van der Waals surface area contributed by atoms with Crippen LogP contribution in [0.25, 0.3) is 0 Å². The highest BCUT2D eigenvalue weighted by Crippen LogP contribution is 2.31. The first-order valence-corrected chi connectivity index (χ1v) is 6.88. The van der Waals surface area contributed by atoms with Gasteiger partial charge in [-0.25, -0.2) is 4.79 Å². The lowest BCUT2D eigenvalue weighted by Crippen LogP contribution is -2.20. The Balaban J connectivity index is 1.90. The van der Waals surface area contributed by atoms with Crippen LogP contribution < -0.4 is 4.90 Å². The molecule has 1 heterocycles. The van der Waals surface area contributed by atoms with E-state index in [4.69, 9.17) is 16.7 Å². The van der Waals surface area contributed by atoms with Gasteiger partial charge in [0.2, 0.25) is 0 Å². The second kappa shape index (κ2) is 5.17. The number of benzene rings is 2. The van der Waals surface area contributed by atoms with Crippen LogP contribution in [0.15, 0.2) is 42.5 Å². The molecule has 0 radical (unpaired) electrons. The number of rotatable bonds is 3. The number of nitrogens with zero attached hydrogens (tertiary/aromatic N) is 1. The van der Waals surface area contributed by atoms with E-state index >= 15 is 0 Å². The molecule has 0 unspecified atom stereocenters. The van der Waals surface area contributed by atoms with Gasteiger partial charge in [0.25, 0.3) is 0 Å². The van der Waals surface area contributed by atoms with E-state index in [9.17, 15) is 4.79 Å². The zero-order chi connectivity index (χ0) is 14.1. The maximum atomic E-state index is 11.1. The molecule has 4 heteroatoms. The van der Waals surface area contributed by atoms with Crippen LogP contribution in [0.5, 0.6) is 0 Å². The number of halogens is 1. The van der Waals surface area contributed by atoms with Crippen molar-refractivity contribution in [3.05, 3.63) is 64.2 Å². The Morgan fingerprint density at radius 1 is 1.20 bits per heavy atom. The quantitative estimate of drug-likeness (QED) is 0.938. The first kappa shape index (κ1) is 13.0. The Labute approximate surface area is 122 Å². The van der Waals surface area contributed by atoms with Crippen molar-refractivity contribution in [2.45, 2.75) is 13.0 Å². The molecule has 0 spiro atoms. The number of carboxylic acids is 1. The number of aromatic carboxylic acids is 1.